The van der Waals surface area contributed by atoms with Crippen molar-refractivity contribution >= 4 is 29.3 Å². The van der Waals surface area contributed by atoms with Crippen LogP contribution in [-0.4, -0.2) is 51.1 Å². The molecule has 2 N–H and O–H groups in total. The quantitative estimate of drug-likeness (QED) is 0.595. The van der Waals surface area contributed by atoms with E-state index >= 15 is 0 Å². The Labute approximate surface area is 170 Å². The zero-order valence-corrected chi connectivity index (χ0v) is 16.1. The predicted octanol–water partition coefficient (Wildman–Crippen LogP) is -0.0303. The van der Waals surface area contributed by atoms with Gasteiger partial charge >= 0.3 is 11.9 Å². The van der Waals surface area contributed by atoms with Gasteiger partial charge in [-0.15, -0.1) is 0 Å². The van der Waals surface area contributed by atoms with E-state index in [-0.39, 0.29) is 35.1 Å². The number of aliphatic hydroxyl groups is 2. The van der Waals surface area contributed by atoms with Crippen LogP contribution in [0.2, 0.25) is 0 Å². The molecule has 0 bridgehead atoms. The highest BCUT2D eigenvalue weighted by Crippen LogP contribution is 2.45. The molecule has 0 aromatic rings. The topological polar surface area (TPSA) is 144 Å². The Balaban J connectivity index is 1.77. The summed E-state index contributed by atoms with van der Waals surface area (Å²) in [6, 6.07) is 0. The van der Waals surface area contributed by atoms with E-state index in [1.54, 1.807) is 0 Å². The van der Waals surface area contributed by atoms with Gasteiger partial charge in [-0.2, -0.15) is 0 Å². The maximum atomic E-state index is 13.3. The summed E-state index contributed by atoms with van der Waals surface area (Å²) in [6.07, 6.45) is 5.50. The van der Waals surface area contributed by atoms with E-state index in [0.29, 0.717) is 0 Å². The van der Waals surface area contributed by atoms with E-state index in [4.69, 9.17) is 9.47 Å². The largest absolute Gasteiger partial charge is 0.421 e. The fourth-order valence-corrected chi connectivity index (χ4v) is 4.32. The molecule has 9 heteroatoms. The molecule has 9 nitrogen and oxygen atoms in total. The molecule has 4 atom stereocenters. The number of carbonyl (C=O) groups is 5. The zero-order valence-electron chi connectivity index (χ0n) is 16.1. The molecule has 2 aliphatic carbocycles. The summed E-state index contributed by atoms with van der Waals surface area (Å²) in [4.78, 5) is 62.8. The molecule has 4 unspecified atom stereocenters. The average Bonchev–Trinajstić information content (AvgIpc) is 2.69. The Bertz CT molecular complexity index is 974. The van der Waals surface area contributed by atoms with Crippen molar-refractivity contribution in [3.63, 3.8) is 0 Å². The first-order chi connectivity index (χ1) is 14.0. The Morgan fingerprint density at radius 1 is 0.833 bits per heavy atom. The highest BCUT2D eigenvalue weighted by atomic mass is 16.7. The Hall–Kier alpha value is -3.17. The van der Waals surface area contributed by atoms with Crippen LogP contribution in [-0.2, 0) is 33.4 Å². The Morgan fingerprint density at radius 2 is 1.20 bits per heavy atom. The first kappa shape index (κ1) is 20.1. The lowest BCUT2D eigenvalue weighted by Crippen LogP contribution is -2.65. The molecule has 0 radical (unpaired) electrons. The van der Waals surface area contributed by atoms with Crippen LogP contribution < -0.4 is 0 Å². The lowest BCUT2D eigenvalue weighted by molar-refractivity contribution is -0.264. The molecule has 4 rings (SSSR count). The highest BCUT2D eigenvalue weighted by Gasteiger charge is 2.64. The fraction of sp³-hybridized carbons (Fsp3) is 0.381. The molecule has 156 valence electrons. The molecule has 0 saturated heterocycles. The minimum Gasteiger partial charge on any atom is -0.421 e. The van der Waals surface area contributed by atoms with Gasteiger partial charge in [0.05, 0.1) is 11.8 Å². The van der Waals surface area contributed by atoms with Crippen LogP contribution >= 0.6 is 0 Å². The number of Topliss-reactive ketones (excluding diaryl/α,β-unsaturated/α-hetero) is 1. The van der Waals surface area contributed by atoms with Crippen molar-refractivity contribution in [2.45, 2.75) is 38.3 Å². The summed E-state index contributed by atoms with van der Waals surface area (Å²) in [6.45, 7) is 2.57. The third-order valence-electron chi connectivity index (χ3n) is 6.04. The van der Waals surface area contributed by atoms with Crippen LogP contribution in [0, 0.1) is 11.8 Å². The molecule has 0 spiro atoms. The van der Waals surface area contributed by atoms with Crippen molar-refractivity contribution in [3.05, 3.63) is 46.6 Å². The van der Waals surface area contributed by atoms with Crippen molar-refractivity contribution in [2.24, 2.45) is 11.8 Å². The van der Waals surface area contributed by atoms with Gasteiger partial charge < -0.3 is 19.7 Å². The molecule has 2 heterocycles. The van der Waals surface area contributed by atoms with E-state index in [1.807, 2.05) is 0 Å². The third-order valence-corrected chi connectivity index (χ3v) is 6.04. The van der Waals surface area contributed by atoms with Gasteiger partial charge in [-0.25, -0.2) is 9.59 Å². The van der Waals surface area contributed by atoms with Crippen molar-refractivity contribution in [3.8, 4) is 0 Å². The van der Waals surface area contributed by atoms with Crippen LogP contribution in [0.1, 0.15) is 26.7 Å². The number of ether oxygens (including phenoxy) is 2. The van der Waals surface area contributed by atoms with Crippen LogP contribution in [0.15, 0.2) is 46.6 Å². The van der Waals surface area contributed by atoms with Gasteiger partial charge in [0.15, 0.2) is 11.6 Å². The number of hydrogen-bond acceptors (Lipinski definition) is 9. The molecule has 0 saturated carbocycles. The smallest absolute Gasteiger partial charge is 0.337 e. The minimum atomic E-state index is -2.98. The molecule has 4 aliphatic rings. The van der Waals surface area contributed by atoms with Crippen molar-refractivity contribution in [1.29, 1.82) is 0 Å². The second-order valence-electron chi connectivity index (χ2n) is 7.67. The maximum absolute atomic E-state index is 13.3. The van der Waals surface area contributed by atoms with E-state index in [9.17, 15) is 34.2 Å². The summed E-state index contributed by atoms with van der Waals surface area (Å²) >= 11 is 0. The lowest BCUT2D eigenvalue weighted by atomic mass is 9.73. The lowest BCUT2D eigenvalue weighted by Gasteiger charge is -2.44. The first-order valence-electron chi connectivity index (χ1n) is 9.36. The van der Waals surface area contributed by atoms with Gasteiger partial charge in [0.1, 0.15) is 0 Å². The van der Waals surface area contributed by atoms with Gasteiger partial charge in [-0.05, 0) is 25.0 Å². The molecule has 0 fully saturated rings. The first-order valence-corrected chi connectivity index (χ1v) is 9.36. The number of ketones is 3. The minimum absolute atomic E-state index is 0.00532. The molecular weight excluding hydrogens is 396 g/mol. The van der Waals surface area contributed by atoms with E-state index in [0.717, 1.165) is 0 Å². The second-order valence-corrected chi connectivity index (χ2v) is 7.67. The van der Waals surface area contributed by atoms with E-state index < -0.39 is 52.7 Å². The number of cyclic esters (lactones) is 2. The van der Waals surface area contributed by atoms with Crippen molar-refractivity contribution < 1.29 is 43.7 Å². The number of hydrogen-bond donors (Lipinski definition) is 2. The molecule has 0 aromatic carbocycles. The second kappa shape index (κ2) is 6.41. The summed E-state index contributed by atoms with van der Waals surface area (Å²) in [5.74, 6) is -13.5. The average molecular weight is 414 g/mol. The fourth-order valence-electron chi connectivity index (χ4n) is 4.32. The molecule has 0 aromatic heterocycles. The van der Waals surface area contributed by atoms with Crippen LogP contribution in [0.4, 0.5) is 0 Å². The number of carbonyl (C=O) groups excluding carboxylic acids is 5. The zero-order chi connectivity index (χ0) is 22.0. The van der Waals surface area contributed by atoms with Crippen molar-refractivity contribution in [1.82, 2.24) is 0 Å². The van der Waals surface area contributed by atoms with Gasteiger partial charge in [-0.1, -0.05) is 26.0 Å². The SMILES string of the molecule is CC1C2=C(CC=CC2=O)C(=O)OC1(O)C(=O)C1(O)OC(=O)C2=C(C(=O)C=CC2)C1C. The monoisotopic (exact) mass is 414 g/mol. The summed E-state index contributed by atoms with van der Waals surface area (Å²) in [5.41, 5.74) is -0.212. The van der Waals surface area contributed by atoms with Crippen LogP contribution in [0.25, 0.3) is 0 Å². The van der Waals surface area contributed by atoms with E-state index in [1.165, 1.54) is 38.2 Å². The Kier molecular flexibility index (Phi) is 4.30. The van der Waals surface area contributed by atoms with Crippen LogP contribution in [0.3, 0.4) is 0 Å². The van der Waals surface area contributed by atoms with E-state index in [2.05, 4.69) is 0 Å². The molecule has 2 aliphatic heterocycles. The predicted molar refractivity (Wildman–Crippen MR) is 97.0 cm³/mol. The van der Waals surface area contributed by atoms with Gasteiger partial charge in [0.2, 0.25) is 0 Å². The molecule has 30 heavy (non-hydrogen) atoms. The van der Waals surface area contributed by atoms with Gasteiger partial charge in [-0.3, -0.25) is 14.4 Å². The van der Waals surface area contributed by atoms with Crippen LogP contribution in [0.5, 0.6) is 0 Å². The summed E-state index contributed by atoms with van der Waals surface area (Å²) < 4.78 is 9.97. The Morgan fingerprint density at radius 3 is 1.57 bits per heavy atom. The van der Waals surface area contributed by atoms with Crippen molar-refractivity contribution in [2.75, 3.05) is 0 Å². The van der Waals surface area contributed by atoms with Gasteiger partial charge in [0.25, 0.3) is 17.4 Å². The standard InChI is InChI=1S/C21H18O9/c1-9-15-11(5-3-7-13(15)22)17(24)29-20(9,27)19(26)21(28)10(2)16-12(18(25)30-21)6-4-8-14(16)23/h3-4,7-10,27-28H,5-6H2,1-2H3. The van der Waals surface area contributed by atoms with Gasteiger partial charge in [0, 0.05) is 22.3 Å². The maximum Gasteiger partial charge on any atom is 0.337 e. The summed E-state index contributed by atoms with van der Waals surface area (Å²) in [7, 11) is 0. The highest BCUT2D eigenvalue weighted by molar-refractivity contribution is 6.16. The summed E-state index contributed by atoms with van der Waals surface area (Å²) in [5, 5.41) is 22.1. The normalized spacial score (nSPS) is 35.7. The number of esters is 2. The number of allylic oxidation sites excluding steroid dienone is 4. The third kappa shape index (κ3) is 2.52. The molecular formula is C21H18O9. The molecule has 0 amide bonds. The number of rotatable bonds is 2.